The van der Waals surface area contributed by atoms with E-state index in [4.69, 9.17) is 4.74 Å². The van der Waals surface area contributed by atoms with E-state index in [0.29, 0.717) is 5.56 Å². The van der Waals surface area contributed by atoms with Gasteiger partial charge in [-0.3, -0.25) is 5.32 Å². The number of hydrogen-bond donors (Lipinski definition) is 1. The molecule has 0 radical (unpaired) electrons. The Bertz CT molecular complexity index is 641. The van der Waals surface area contributed by atoms with Crippen molar-refractivity contribution >= 4 is 5.97 Å². The minimum Gasteiger partial charge on any atom is -0.468 e. The zero-order chi connectivity index (χ0) is 16.9. The summed E-state index contributed by atoms with van der Waals surface area (Å²) < 4.78 is 43.2. The second-order valence-corrected chi connectivity index (χ2v) is 4.83. The second-order valence-electron chi connectivity index (χ2n) is 4.83. The number of methoxy groups -OCH3 is 1. The second kappa shape index (κ2) is 7.28. The lowest BCUT2D eigenvalue weighted by Gasteiger charge is -2.17. The predicted molar refractivity (Wildman–Crippen MR) is 76.3 cm³/mol. The normalized spacial score (nSPS) is 12.9. The van der Waals surface area contributed by atoms with E-state index in [9.17, 15) is 18.0 Å². The van der Waals surface area contributed by atoms with Crippen molar-refractivity contribution in [3.05, 3.63) is 54.1 Å². The average Bonchev–Trinajstić information content (AvgIpc) is 2.93. The van der Waals surface area contributed by atoms with Gasteiger partial charge in [0.15, 0.2) is 0 Å². The lowest BCUT2D eigenvalue weighted by molar-refractivity contribution is -0.144. The van der Waals surface area contributed by atoms with Crippen LogP contribution < -0.4 is 5.32 Å². The molecule has 1 N–H and O–H groups in total. The van der Waals surface area contributed by atoms with Gasteiger partial charge in [-0.1, -0.05) is 30.3 Å². The maximum atomic E-state index is 12.5. The fraction of sp³-hybridized carbons (Fsp3) is 0.333. The summed E-state index contributed by atoms with van der Waals surface area (Å²) >= 11 is 0. The van der Waals surface area contributed by atoms with E-state index in [1.54, 1.807) is 30.3 Å². The van der Waals surface area contributed by atoms with Crippen LogP contribution >= 0.6 is 0 Å². The molecule has 0 aliphatic carbocycles. The molecule has 2 rings (SSSR count). The van der Waals surface area contributed by atoms with Gasteiger partial charge in [0.25, 0.3) is 0 Å². The maximum Gasteiger partial charge on any atom is 0.406 e. The van der Waals surface area contributed by atoms with Gasteiger partial charge in [-0.2, -0.15) is 13.2 Å². The van der Waals surface area contributed by atoms with Crippen LogP contribution in [0.1, 0.15) is 17.4 Å². The third kappa shape index (κ3) is 4.82. The standard InChI is InChI=1S/C15H16F3N3O2/c1-23-14(22)13(11-5-3-2-4-6-11)20-9-12-19-7-8-21(12)10-15(16,17)18/h2-8,13,20H,9-10H2,1H3. The summed E-state index contributed by atoms with van der Waals surface area (Å²) in [6, 6.07) is 8.01. The number of aromatic nitrogens is 2. The van der Waals surface area contributed by atoms with Gasteiger partial charge in [-0.15, -0.1) is 0 Å². The van der Waals surface area contributed by atoms with Crippen LogP contribution in [0.3, 0.4) is 0 Å². The number of hydrogen-bond acceptors (Lipinski definition) is 4. The Morgan fingerprint density at radius 1 is 1.35 bits per heavy atom. The summed E-state index contributed by atoms with van der Waals surface area (Å²) in [5.41, 5.74) is 0.660. The van der Waals surface area contributed by atoms with Gasteiger partial charge in [-0.25, -0.2) is 9.78 Å². The van der Waals surface area contributed by atoms with Crippen LogP contribution in [0, 0.1) is 0 Å². The van der Waals surface area contributed by atoms with E-state index in [1.807, 2.05) is 0 Å². The summed E-state index contributed by atoms with van der Waals surface area (Å²) in [6.45, 7) is -1.13. The molecule has 124 valence electrons. The van der Waals surface area contributed by atoms with Crippen LogP contribution in [0.4, 0.5) is 13.2 Å². The molecule has 5 nitrogen and oxygen atoms in total. The summed E-state index contributed by atoms with van der Waals surface area (Å²) in [5, 5.41) is 2.89. The summed E-state index contributed by atoms with van der Waals surface area (Å²) in [7, 11) is 1.25. The number of esters is 1. The third-order valence-electron chi connectivity index (χ3n) is 3.19. The third-order valence-corrected chi connectivity index (χ3v) is 3.19. The number of nitrogens with one attached hydrogen (secondary N) is 1. The van der Waals surface area contributed by atoms with Gasteiger partial charge < -0.3 is 9.30 Å². The van der Waals surface area contributed by atoms with Crippen molar-refractivity contribution in [2.75, 3.05) is 7.11 Å². The lowest BCUT2D eigenvalue weighted by Crippen LogP contribution is -2.31. The zero-order valence-electron chi connectivity index (χ0n) is 12.4. The van der Waals surface area contributed by atoms with Crippen molar-refractivity contribution in [2.24, 2.45) is 0 Å². The first-order valence-electron chi connectivity index (χ1n) is 6.83. The van der Waals surface area contributed by atoms with Crippen LogP contribution in [0.25, 0.3) is 0 Å². The fourth-order valence-corrected chi connectivity index (χ4v) is 2.14. The van der Waals surface area contributed by atoms with Gasteiger partial charge >= 0.3 is 12.1 Å². The van der Waals surface area contributed by atoms with Crippen molar-refractivity contribution < 1.29 is 22.7 Å². The number of nitrogens with zero attached hydrogens (tertiary/aromatic N) is 2. The molecular weight excluding hydrogens is 311 g/mol. The summed E-state index contributed by atoms with van der Waals surface area (Å²) in [5.74, 6) is -0.336. The molecule has 0 spiro atoms. The van der Waals surface area contributed by atoms with Crippen molar-refractivity contribution in [3.63, 3.8) is 0 Å². The topological polar surface area (TPSA) is 56.1 Å². The Morgan fingerprint density at radius 3 is 2.65 bits per heavy atom. The molecule has 1 heterocycles. The Labute approximate surface area is 131 Å². The number of halogens is 3. The molecule has 0 aliphatic heterocycles. The minimum absolute atomic E-state index is 0.00224. The van der Waals surface area contributed by atoms with Crippen LogP contribution in [0.15, 0.2) is 42.7 Å². The SMILES string of the molecule is COC(=O)C(NCc1nccn1CC(F)(F)F)c1ccccc1. The molecule has 1 aromatic heterocycles. The molecule has 0 aliphatic rings. The first kappa shape index (κ1) is 17.0. The monoisotopic (exact) mass is 327 g/mol. The number of benzene rings is 1. The zero-order valence-corrected chi connectivity index (χ0v) is 12.4. The number of carbonyl (C=O) groups is 1. The molecule has 23 heavy (non-hydrogen) atoms. The first-order chi connectivity index (χ1) is 10.9. The highest BCUT2D eigenvalue weighted by atomic mass is 19.4. The van der Waals surface area contributed by atoms with E-state index in [1.165, 1.54) is 19.5 Å². The average molecular weight is 327 g/mol. The Kier molecular flexibility index (Phi) is 5.38. The Hall–Kier alpha value is -2.35. The first-order valence-corrected chi connectivity index (χ1v) is 6.83. The van der Waals surface area contributed by atoms with E-state index in [2.05, 4.69) is 10.3 Å². The predicted octanol–water partition coefficient (Wildman–Crippen LogP) is 2.45. The van der Waals surface area contributed by atoms with Crippen molar-refractivity contribution in [1.82, 2.24) is 14.9 Å². The molecule has 0 saturated carbocycles. The number of imidazole rings is 1. The van der Waals surface area contributed by atoms with Crippen LogP contribution in [-0.2, 0) is 22.6 Å². The fourth-order valence-electron chi connectivity index (χ4n) is 2.14. The molecule has 1 atom stereocenters. The summed E-state index contributed by atoms with van der Waals surface area (Å²) in [6.07, 6.45) is -1.80. The molecule has 2 aromatic rings. The van der Waals surface area contributed by atoms with E-state index < -0.39 is 24.7 Å². The van der Waals surface area contributed by atoms with Gasteiger partial charge in [0.05, 0.1) is 13.7 Å². The number of alkyl halides is 3. The highest BCUT2D eigenvalue weighted by Crippen LogP contribution is 2.19. The molecule has 1 unspecified atom stereocenters. The largest absolute Gasteiger partial charge is 0.468 e. The van der Waals surface area contributed by atoms with Crippen LogP contribution in [-0.4, -0.2) is 28.8 Å². The number of carbonyl (C=O) groups excluding carboxylic acids is 1. The van der Waals surface area contributed by atoms with Crippen molar-refractivity contribution in [2.45, 2.75) is 25.3 Å². The highest BCUT2D eigenvalue weighted by Gasteiger charge is 2.29. The van der Waals surface area contributed by atoms with E-state index in [-0.39, 0.29) is 12.4 Å². The molecule has 8 heteroatoms. The molecule has 0 bridgehead atoms. The quantitative estimate of drug-likeness (QED) is 0.828. The molecular formula is C15H16F3N3O2. The Morgan fingerprint density at radius 2 is 2.04 bits per heavy atom. The van der Waals surface area contributed by atoms with Gasteiger partial charge in [0.2, 0.25) is 0 Å². The van der Waals surface area contributed by atoms with Crippen LogP contribution in [0.2, 0.25) is 0 Å². The molecule has 1 aromatic carbocycles. The molecule has 0 saturated heterocycles. The minimum atomic E-state index is -4.34. The van der Waals surface area contributed by atoms with Gasteiger partial charge in [-0.05, 0) is 5.56 Å². The highest BCUT2D eigenvalue weighted by molar-refractivity contribution is 5.77. The number of ether oxygens (including phenoxy) is 1. The summed E-state index contributed by atoms with van der Waals surface area (Å²) in [4.78, 5) is 15.8. The van der Waals surface area contributed by atoms with Crippen molar-refractivity contribution in [3.8, 4) is 0 Å². The van der Waals surface area contributed by atoms with E-state index in [0.717, 1.165) is 4.57 Å². The van der Waals surface area contributed by atoms with E-state index >= 15 is 0 Å². The van der Waals surface area contributed by atoms with Crippen LogP contribution in [0.5, 0.6) is 0 Å². The van der Waals surface area contributed by atoms with Crippen molar-refractivity contribution in [1.29, 1.82) is 0 Å². The number of rotatable bonds is 6. The Balaban J connectivity index is 2.11. The smallest absolute Gasteiger partial charge is 0.406 e. The lowest BCUT2D eigenvalue weighted by atomic mass is 10.1. The van der Waals surface area contributed by atoms with Gasteiger partial charge in [0.1, 0.15) is 18.4 Å². The molecule has 0 amide bonds. The van der Waals surface area contributed by atoms with Gasteiger partial charge in [0, 0.05) is 12.4 Å². The molecule has 0 fully saturated rings. The maximum absolute atomic E-state index is 12.5.